The molecule has 0 atom stereocenters. The first-order valence-corrected chi connectivity index (χ1v) is 8.58. The fourth-order valence-electron chi connectivity index (χ4n) is 3.02. The average Bonchev–Trinajstić information content (AvgIpc) is 3.03. The van der Waals surface area contributed by atoms with Crippen LogP contribution in [0.1, 0.15) is 31.2 Å². The quantitative estimate of drug-likeness (QED) is 0.695. The van der Waals surface area contributed by atoms with Crippen LogP contribution in [-0.2, 0) is 6.54 Å². The number of aliphatic imine (C=N–C) groups is 1. The summed E-state index contributed by atoms with van der Waals surface area (Å²) >= 11 is 0. The zero-order valence-electron chi connectivity index (χ0n) is 14.7. The van der Waals surface area contributed by atoms with Gasteiger partial charge in [0.1, 0.15) is 11.6 Å². The predicted octanol–water partition coefficient (Wildman–Crippen LogP) is 2.38. The van der Waals surface area contributed by atoms with E-state index in [4.69, 9.17) is 0 Å². The molecular weight excluding hydrogens is 300 g/mol. The Balaban J connectivity index is 1.59. The minimum Gasteiger partial charge on any atom is -0.352 e. The van der Waals surface area contributed by atoms with Gasteiger partial charge in [0.05, 0.1) is 0 Å². The van der Waals surface area contributed by atoms with Crippen molar-refractivity contribution < 1.29 is 0 Å². The molecule has 0 unspecified atom stereocenters. The largest absolute Gasteiger partial charge is 0.352 e. The van der Waals surface area contributed by atoms with Gasteiger partial charge in [0.2, 0.25) is 0 Å². The number of hydrogen-bond acceptors (Lipinski definition) is 3. The molecule has 0 amide bonds. The molecule has 0 aromatic carbocycles. The third-order valence-corrected chi connectivity index (χ3v) is 4.63. The van der Waals surface area contributed by atoms with Crippen molar-refractivity contribution in [3.8, 4) is 5.82 Å². The van der Waals surface area contributed by atoms with E-state index >= 15 is 0 Å². The Kier molecular flexibility index (Phi) is 5.13. The molecule has 2 aromatic rings. The molecule has 1 fully saturated rings. The maximum atomic E-state index is 4.54. The SMILES string of the molecule is CN=C(NCc1ccc(-n2ccnc2C)nc1)N1CCC(C)CC1. The summed E-state index contributed by atoms with van der Waals surface area (Å²) in [5.41, 5.74) is 1.14. The molecule has 128 valence electrons. The highest BCUT2D eigenvalue weighted by Crippen LogP contribution is 2.16. The van der Waals surface area contributed by atoms with Crippen LogP contribution < -0.4 is 5.32 Å². The van der Waals surface area contributed by atoms with Gasteiger partial charge in [-0.1, -0.05) is 13.0 Å². The van der Waals surface area contributed by atoms with Gasteiger partial charge in [-0.3, -0.25) is 9.56 Å². The number of imidazole rings is 1. The van der Waals surface area contributed by atoms with Gasteiger partial charge in [0.25, 0.3) is 0 Å². The monoisotopic (exact) mass is 326 g/mol. The average molecular weight is 326 g/mol. The number of pyridine rings is 1. The molecule has 1 N–H and O–H groups in total. The summed E-state index contributed by atoms with van der Waals surface area (Å²) in [5, 5.41) is 3.45. The summed E-state index contributed by atoms with van der Waals surface area (Å²) in [7, 11) is 1.85. The number of nitrogens with one attached hydrogen (secondary N) is 1. The van der Waals surface area contributed by atoms with Gasteiger partial charge in [-0.05, 0) is 37.3 Å². The van der Waals surface area contributed by atoms with Crippen molar-refractivity contribution in [1.29, 1.82) is 0 Å². The Hall–Kier alpha value is -2.37. The number of nitrogens with zero attached hydrogens (tertiary/aromatic N) is 5. The number of guanidine groups is 1. The second-order valence-corrected chi connectivity index (χ2v) is 6.44. The number of rotatable bonds is 3. The molecule has 1 aliphatic rings. The number of likely N-dealkylation sites (tertiary alicyclic amines) is 1. The molecule has 24 heavy (non-hydrogen) atoms. The van der Waals surface area contributed by atoms with Crippen LogP contribution in [0.25, 0.3) is 5.82 Å². The van der Waals surface area contributed by atoms with Crippen LogP contribution in [0.2, 0.25) is 0 Å². The smallest absolute Gasteiger partial charge is 0.193 e. The van der Waals surface area contributed by atoms with E-state index < -0.39 is 0 Å². The second-order valence-electron chi connectivity index (χ2n) is 6.44. The van der Waals surface area contributed by atoms with E-state index in [2.05, 4.69) is 38.2 Å². The lowest BCUT2D eigenvalue weighted by atomic mass is 10.00. The minimum absolute atomic E-state index is 0.731. The Labute approximate surface area is 143 Å². The number of aryl methyl sites for hydroxylation is 1. The van der Waals surface area contributed by atoms with Crippen LogP contribution in [0, 0.1) is 12.8 Å². The third-order valence-electron chi connectivity index (χ3n) is 4.63. The third kappa shape index (κ3) is 3.75. The zero-order chi connectivity index (χ0) is 16.9. The normalized spacial score (nSPS) is 16.5. The van der Waals surface area contributed by atoms with Crippen molar-refractivity contribution in [2.24, 2.45) is 10.9 Å². The van der Waals surface area contributed by atoms with Crippen molar-refractivity contribution in [3.05, 3.63) is 42.1 Å². The van der Waals surface area contributed by atoms with E-state index in [1.807, 2.05) is 37.0 Å². The minimum atomic E-state index is 0.731. The van der Waals surface area contributed by atoms with Crippen LogP contribution in [-0.4, -0.2) is 45.5 Å². The maximum Gasteiger partial charge on any atom is 0.193 e. The van der Waals surface area contributed by atoms with Gasteiger partial charge in [-0.25, -0.2) is 9.97 Å². The highest BCUT2D eigenvalue weighted by atomic mass is 15.3. The zero-order valence-corrected chi connectivity index (χ0v) is 14.7. The molecular formula is C18H26N6. The van der Waals surface area contributed by atoms with Gasteiger partial charge >= 0.3 is 0 Å². The van der Waals surface area contributed by atoms with Crippen LogP contribution in [0.3, 0.4) is 0 Å². The van der Waals surface area contributed by atoms with E-state index in [1.54, 1.807) is 6.20 Å². The van der Waals surface area contributed by atoms with Crippen LogP contribution in [0.4, 0.5) is 0 Å². The molecule has 1 saturated heterocycles. The number of piperidine rings is 1. The van der Waals surface area contributed by atoms with Crippen molar-refractivity contribution >= 4 is 5.96 Å². The standard InChI is InChI=1S/C18H26N6/c1-14-6-9-23(10-7-14)18(19-3)22-13-16-4-5-17(21-12-16)24-11-8-20-15(24)2/h4-5,8,11-12,14H,6-7,9-10,13H2,1-3H3,(H,19,22). The van der Waals surface area contributed by atoms with Gasteiger partial charge in [-0.2, -0.15) is 0 Å². The molecule has 0 bridgehead atoms. The Morgan fingerprint density at radius 3 is 2.67 bits per heavy atom. The van der Waals surface area contributed by atoms with Gasteiger partial charge in [0, 0.05) is 45.3 Å². The first-order chi connectivity index (χ1) is 11.7. The topological polar surface area (TPSA) is 58.3 Å². The van der Waals surface area contributed by atoms with E-state index in [0.29, 0.717) is 0 Å². The van der Waals surface area contributed by atoms with Crippen molar-refractivity contribution in [2.75, 3.05) is 20.1 Å². The fraction of sp³-hybridized carbons (Fsp3) is 0.500. The fourth-order valence-corrected chi connectivity index (χ4v) is 3.02. The molecule has 0 aliphatic carbocycles. The molecule has 0 spiro atoms. The molecule has 6 heteroatoms. The van der Waals surface area contributed by atoms with E-state index in [1.165, 1.54) is 12.8 Å². The molecule has 6 nitrogen and oxygen atoms in total. The lowest BCUT2D eigenvalue weighted by Crippen LogP contribution is -2.45. The Bertz CT molecular complexity index is 680. The van der Waals surface area contributed by atoms with Gasteiger partial charge in [0.15, 0.2) is 5.96 Å². The first-order valence-electron chi connectivity index (χ1n) is 8.58. The van der Waals surface area contributed by atoms with Gasteiger partial charge < -0.3 is 10.2 Å². The molecule has 3 rings (SSSR count). The van der Waals surface area contributed by atoms with E-state index in [-0.39, 0.29) is 0 Å². The molecule has 0 radical (unpaired) electrons. The summed E-state index contributed by atoms with van der Waals surface area (Å²) in [6.45, 7) is 7.19. The highest BCUT2D eigenvalue weighted by molar-refractivity contribution is 5.79. The van der Waals surface area contributed by atoms with E-state index in [9.17, 15) is 0 Å². The molecule has 2 aromatic heterocycles. The Morgan fingerprint density at radius 1 is 1.29 bits per heavy atom. The highest BCUT2D eigenvalue weighted by Gasteiger charge is 2.18. The summed E-state index contributed by atoms with van der Waals surface area (Å²) in [5.74, 6) is 3.63. The van der Waals surface area contributed by atoms with Crippen LogP contribution >= 0.6 is 0 Å². The predicted molar refractivity (Wildman–Crippen MR) is 96.3 cm³/mol. The van der Waals surface area contributed by atoms with Crippen molar-refractivity contribution in [2.45, 2.75) is 33.2 Å². The summed E-state index contributed by atoms with van der Waals surface area (Å²) in [6.07, 6.45) is 8.10. The molecule has 1 aliphatic heterocycles. The van der Waals surface area contributed by atoms with Crippen LogP contribution in [0.15, 0.2) is 35.7 Å². The summed E-state index contributed by atoms with van der Waals surface area (Å²) in [4.78, 5) is 15.5. The summed E-state index contributed by atoms with van der Waals surface area (Å²) < 4.78 is 1.98. The molecule has 3 heterocycles. The number of aromatic nitrogens is 3. The van der Waals surface area contributed by atoms with Crippen LogP contribution in [0.5, 0.6) is 0 Å². The maximum absolute atomic E-state index is 4.54. The summed E-state index contributed by atoms with van der Waals surface area (Å²) in [6, 6.07) is 4.12. The van der Waals surface area contributed by atoms with Crippen molar-refractivity contribution in [3.63, 3.8) is 0 Å². The Morgan fingerprint density at radius 2 is 2.08 bits per heavy atom. The lowest BCUT2D eigenvalue weighted by molar-refractivity contribution is 0.273. The second kappa shape index (κ2) is 7.47. The molecule has 0 saturated carbocycles. The first kappa shape index (κ1) is 16.5. The number of hydrogen-bond donors (Lipinski definition) is 1. The van der Waals surface area contributed by atoms with E-state index in [0.717, 1.165) is 48.7 Å². The van der Waals surface area contributed by atoms with Gasteiger partial charge in [-0.15, -0.1) is 0 Å². The van der Waals surface area contributed by atoms with Crippen molar-refractivity contribution in [1.82, 2.24) is 24.8 Å². The lowest BCUT2D eigenvalue weighted by Gasteiger charge is -2.32.